The highest BCUT2D eigenvalue weighted by atomic mass is 16.2. The van der Waals surface area contributed by atoms with Crippen LogP contribution in [0.3, 0.4) is 0 Å². The SMILES string of the molecule is O=C1NCN(C2CCCCC2)C1=O. The first kappa shape index (κ1) is 8.53. The second-order valence-electron chi connectivity index (χ2n) is 3.73. The molecule has 72 valence electrons. The molecule has 4 nitrogen and oxygen atoms in total. The summed E-state index contributed by atoms with van der Waals surface area (Å²) in [5.41, 5.74) is 0. The van der Waals surface area contributed by atoms with E-state index in [9.17, 15) is 9.59 Å². The van der Waals surface area contributed by atoms with Crippen LogP contribution in [0.25, 0.3) is 0 Å². The van der Waals surface area contributed by atoms with Crippen molar-refractivity contribution in [3.05, 3.63) is 0 Å². The fourth-order valence-corrected chi connectivity index (χ4v) is 2.12. The van der Waals surface area contributed by atoms with Gasteiger partial charge in [0.1, 0.15) is 0 Å². The molecule has 0 spiro atoms. The van der Waals surface area contributed by atoms with Crippen LogP contribution in [0.2, 0.25) is 0 Å². The fraction of sp³-hybridized carbons (Fsp3) is 0.778. The van der Waals surface area contributed by atoms with Crippen LogP contribution >= 0.6 is 0 Å². The van der Waals surface area contributed by atoms with Crippen molar-refractivity contribution >= 4 is 11.8 Å². The van der Waals surface area contributed by atoms with Crippen LogP contribution in [-0.2, 0) is 9.59 Å². The number of carbonyl (C=O) groups excluding carboxylic acids is 2. The number of hydrogen-bond acceptors (Lipinski definition) is 2. The Morgan fingerprint density at radius 1 is 1.15 bits per heavy atom. The van der Waals surface area contributed by atoms with E-state index in [1.54, 1.807) is 4.90 Å². The third-order valence-corrected chi connectivity index (χ3v) is 2.88. The summed E-state index contributed by atoms with van der Waals surface area (Å²) in [5.74, 6) is -0.780. The molecule has 1 aliphatic heterocycles. The maximum absolute atomic E-state index is 11.3. The minimum Gasteiger partial charge on any atom is -0.330 e. The molecule has 0 radical (unpaired) electrons. The molecule has 1 aliphatic carbocycles. The van der Waals surface area contributed by atoms with Crippen molar-refractivity contribution in [3.8, 4) is 0 Å². The third kappa shape index (κ3) is 1.53. The fourth-order valence-electron chi connectivity index (χ4n) is 2.12. The zero-order valence-electron chi connectivity index (χ0n) is 7.58. The van der Waals surface area contributed by atoms with E-state index in [0.29, 0.717) is 12.7 Å². The van der Waals surface area contributed by atoms with Crippen LogP contribution in [0, 0.1) is 0 Å². The quantitative estimate of drug-likeness (QED) is 0.590. The predicted octanol–water partition coefficient (Wildman–Crippen LogP) is 0.235. The Morgan fingerprint density at radius 3 is 2.38 bits per heavy atom. The summed E-state index contributed by atoms with van der Waals surface area (Å²) in [6, 6.07) is 0.306. The molecule has 13 heavy (non-hydrogen) atoms. The number of nitrogens with zero attached hydrogens (tertiary/aromatic N) is 1. The molecule has 0 aromatic carbocycles. The Labute approximate surface area is 77.3 Å². The van der Waals surface area contributed by atoms with Gasteiger partial charge in [0.15, 0.2) is 0 Å². The summed E-state index contributed by atoms with van der Waals surface area (Å²) in [6.07, 6.45) is 5.74. The molecule has 0 aromatic heterocycles. The van der Waals surface area contributed by atoms with Crippen molar-refractivity contribution in [2.45, 2.75) is 38.1 Å². The molecule has 2 amide bonds. The van der Waals surface area contributed by atoms with Crippen molar-refractivity contribution in [1.29, 1.82) is 0 Å². The summed E-state index contributed by atoms with van der Waals surface area (Å²) >= 11 is 0. The van der Waals surface area contributed by atoms with E-state index < -0.39 is 5.91 Å². The average Bonchev–Trinajstić information content (AvgIpc) is 2.49. The first-order valence-corrected chi connectivity index (χ1v) is 4.88. The lowest BCUT2D eigenvalue weighted by atomic mass is 9.94. The molecule has 2 rings (SSSR count). The molecule has 1 saturated carbocycles. The minimum atomic E-state index is -0.439. The molecule has 0 aromatic rings. The van der Waals surface area contributed by atoms with Gasteiger partial charge in [-0.25, -0.2) is 0 Å². The Bertz CT molecular complexity index is 234. The van der Waals surface area contributed by atoms with Crippen LogP contribution < -0.4 is 5.32 Å². The van der Waals surface area contributed by atoms with Crippen LogP contribution in [0.15, 0.2) is 0 Å². The summed E-state index contributed by atoms with van der Waals surface area (Å²) in [5, 5.41) is 2.55. The minimum absolute atomic E-state index is 0.306. The predicted molar refractivity (Wildman–Crippen MR) is 46.7 cm³/mol. The second-order valence-corrected chi connectivity index (χ2v) is 3.73. The van der Waals surface area contributed by atoms with Crippen LogP contribution in [-0.4, -0.2) is 29.4 Å². The number of hydrogen-bond donors (Lipinski definition) is 1. The number of nitrogens with one attached hydrogen (secondary N) is 1. The standard InChI is InChI=1S/C9H14N2O2/c12-8-9(13)11(6-10-8)7-4-2-1-3-5-7/h7H,1-6H2,(H,10,12). The van der Waals surface area contributed by atoms with E-state index in [0.717, 1.165) is 12.8 Å². The first-order chi connectivity index (χ1) is 6.29. The summed E-state index contributed by atoms with van der Waals surface area (Å²) in [7, 11) is 0. The van der Waals surface area contributed by atoms with Gasteiger partial charge in [-0.1, -0.05) is 19.3 Å². The molecule has 0 bridgehead atoms. The average molecular weight is 182 g/mol. The largest absolute Gasteiger partial charge is 0.330 e. The van der Waals surface area contributed by atoms with Crippen molar-refractivity contribution in [1.82, 2.24) is 10.2 Å². The lowest BCUT2D eigenvalue weighted by molar-refractivity contribution is -0.141. The van der Waals surface area contributed by atoms with Gasteiger partial charge in [-0.3, -0.25) is 9.59 Å². The van der Waals surface area contributed by atoms with Gasteiger partial charge in [-0.2, -0.15) is 0 Å². The van der Waals surface area contributed by atoms with Gasteiger partial charge in [0.05, 0.1) is 6.67 Å². The van der Waals surface area contributed by atoms with E-state index in [1.807, 2.05) is 0 Å². The van der Waals surface area contributed by atoms with Crippen LogP contribution in [0.1, 0.15) is 32.1 Å². The van der Waals surface area contributed by atoms with Crippen molar-refractivity contribution < 1.29 is 9.59 Å². The topological polar surface area (TPSA) is 49.4 Å². The molecule has 1 heterocycles. The zero-order chi connectivity index (χ0) is 9.26. The lowest BCUT2D eigenvalue weighted by Gasteiger charge is -2.29. The summed E-state index contributed by atoms with van der Waals surface area (Å²) in [6.45, 7) is 0.419. The highest BCUT2D eigenvalue weighted by molar-refractivity contribution is 6.36. The second kappa shape index (κ2) is 3.36. The van der Waals surface area contributed by atoms with E-state index >= 15 is 0 Å². The molecule has 1 saturated heterocycles. The maximum atomic E-state index is 11.3. The van der Waals surface area contributed by atoms with Gasteiger partial charge in [-0.05, 0) is 12.8 Å². The maximum Gasteiger partial charge on any atom is 0.313 e. The number of rotatable bonds is 1. The van der Waals surface area contributed by atoms with Gasteiger partial charge < -0.3 is 10.2 Å². The Morgan fingerprint density at radius 2 is 1.85 bits per heavy atom. The molecule has 0 atom stereocenters. The van der Waals surface area contributed by atoms with Gasteiger partial charge in [0, 0.05) is 6.04 Å². The molecule has 2 fully saturated rings. The lowest BCUT2D eigenvalue weighted by Crippen LogP contribution is -2.39. The Hall–Kier alpha value is -1.06. The normalized spacial score (nSPS) is 25.1. The van der Waals surface area contributed by atoms with E-state index in [-0.39, 0.29) is 5.91 Å². The highest BCUT2D eigenvalue weighted by Gasteiger charge is 2.34. The van der Waals surface area contributed by atoms with Gasteiger partial charge in [0.2, 0.25) is 0 Å². The highest BCUT2D eigenvalue weighted by Crippen LogP contribution is 2.23. The summed E-state index contributed by atoms with van der Waals surface area (Å²) < 4.78 is 0. The zero-order valence-corrected chi connectivity index (χ0v) is 7.58. The first-order valence-electron chi connectivity index (χ1n) is 4.88. The molecule has 2 aliphatic rings. The molecule has 0 unspecified atom stereocenters. The Kier molecular flexibility index (Phi) is 2.20. The molecule has 4 heteroatoms. The molecular formula is C9H14N2O2. The number of carbonyl (C=O) groups is 2. The molecule has 1 N–H and O–H groups in total. The van der Waals surface area contributed by atoms with Crippen molar-refractivity contribution in [3.63, 3.8) is 0 Å². The summed E-state index contributed by atoms with van der Waals surface area (Å²) in [4.78, 5) is 23.9. The smallest absolute Gasteiger partial charge is 0.313 e. The van der Waals surface area contributed by atoms with Crippen LogP contribution in [0.5, 0.6) is 0 Å². The van der Waals surface area contributed by atoms with Crippen LogP contribution in [0.4, 0.5) is 0 Å². The van der Waals surface area contributed by atoms with E-state index in [4.69, 9.17) is 0 Å². The Balaban J connectivity index is 2.00. The van der Waals surface area contributed by atoms with Gasteiger partial charge in [0.25, 0.3) is 0 Å². The van der Waals surface area contributed by atoms with Crippen molar-refractivity contribution in [2.75, 3.05) is 6.67 Å². The van der Waals surface area contributed by atoms with E-state index in [1.165, 1.54) is 19.3 Å². The van der Waals surface area contributed by atoms with Gasteiger partial charge >= 0.3 is 11.8 Å². The van der Waals surface area contributed by atoms with Gasteiger partial charge in [-0.15, -0.1) is 0 Å². The van der Waals surface area contributed by atoms with E-state index in [2.05, 4.69) is 5.32 Å². The van der Waals surface area contributed by atoms with Crippen molar-refractivity contribution in [2.24, 2.45) is 0 Å². The molecular weight excluding hydrogens is 168 g/mol. The monoisotopic (exact) mass is 182 g/mol. The third-order valence-electron chi connectivity index (χ3n) is 2.88. The number of amides is 2.